The largest absolute Gasteiger partial charge is 0.297 e. The van der Waals surface area contributed by atoms with Gasteiger partial charge in [0.1, 0.15) is 0 Å². The Morgan fingerprint density at radius 3 is 2.45 bits per heavy atom. The molecular weight excluding hydrogens is 160 g/mol. The van der Waals surface area contributed by atoms with Crippen LogP contribution in [0, 0.1) is 11.8 Å². The van der Waals surface area contributed by atoms with Crippen molar-refractivity contribution in [1.29, 1.82) is 0 Å². The van der Waals surface area contributed by atoms with Crippen LogP contribution in [-0.4, -0.2) is 11.2 Å². The quantitative estimate of drug-likeness (QED) is 0.505. The molecule has 1 nitrogen and oxygen atoms in total. The summed E-state index contributed by atoms with van der Waals surface area (Å²) in [5.41, 5.74) is 1.91. The first kappa shape index (κ1) is 7.11. The Kier molecular flexibility index (Phi) is 1.28. The van der Waals surface area contributed by atoms with Crippen LogP contribution >= 0.6 is 11.6 Å². The molecule has 3 atom stereocenters. The van der Waals surface area contributed by atoms with Crippen LogP contribution in [0.3, 0.4) is 0 Å². The van der Waals surface area contributed by atoms with Crippen molar-refractivity contribution in [2.45, 2.75) is 11.8 Å². The second kappa shape index (κ2) is 1.98. The van der Waals surface area contributed by atoms with E-state index >= 15 is 0 Å². The molecule has 0 aromatic heterocycles. The van der Waals surface area contributed by atoms with Gasteiger partial charge in [-0.25, -0.2) is 0 Å². The molecule has 2 saturated carbocycles. The van der Waals surface area contributed by atoms with Crippen LogP contribution in [0.1, 0.15) is 6.42 Å². The number of allylic oxidation sites excluding steroid dienone is 2. The fourth-order valence-electron chi connectivity index (χ4n) is 1.97. The second-order valence-electron chi connectivity index (χ2n) is 3.25. The fraction of sp³-hybridized carbons (Fsp3) is 0.444. The van der Waals surface area contributed by atoms with Crippen LogP contribution < -0.4 is 0 Å². The Bertz CT molecular complexity index is 267. The van der Waals surface area contributed by atoms with E-state index in [1.807, 2.05) is 0 Å². The lowest BCUT2D eigenvalue weighted by molar-refractivity contribution is -0.119. The average Bonchev–Trinajstić information content (AvgIpc) is 2.40. The summed E-state index contributed by atoms with van der Waals surface area (Å²) in [6.07, 6.45) is 0.852. The zero-order chi connectivity index (χ0) is 8.17. The van der Waals surface area contributed by atoms with Gasteiger partial charge in [0.05, 0.1) is 5.38 Å². The summed E-state index contributed by atoms with van der Waals surface area (Å²) in [7, 11) is 0. The van der Waals surface area contributed by atoms with E-state index in [9.17, 15) is 4.79 Å². The maximum absolute atomic E-state index is 11.3. The lowest BCUT2D eigenvalue weighted by atomic mass is 9.91. The highest BCUT2D eigenvalue weighted by molar-refractivity contribution is 6.33. The van der Waals surface area contributed by atoms with Gasteiger partial charge < -0.3 is 0 Å². The van der Waals surface area contributed by atoms with Crippen molar-refractivity contribution in [2.24, 2.45) is 11.8 Å². The van der Waals surface area contributed by atoms with Crippen molar-refractivity contribution >= 4 is 17.4 Å². The van der Waals surface area contributed by atoms with Gasteiger partial charge in [-0.15, -0.1) is 11.6 Å². The molecule has 0 N–H and O–H groups in total. The fourth-order valence-corrected chi connectivity index (χ4v) is 2.38. The molecule has 2 fully saturated rings. The number of alkyl halides is 1. The molecule has 2 heteroatoms. The minimum atomic E-state index is -0.321. The number of ketones is 1. The smallest absolute Gasteiger partial charge is 0.158 e. The summed E-state index contributed by atoms with van der Waals surface area (Å²) in [6, 6.07) is 0. The number of carbonyl (C=O) groups is 1. The third-order valence-corrected chi connectivity index (χ3v) is 3.26. The van der Waals surface area contributed by atoms with Crippen molar-refractivity contribution in [3.63, 3.8) is 0 Å². The first-order chi connectivity index (χ1) is 5.13. The molecule has 0 saturated heterocycles. The first-order valence-corrected chi connectivity index (χ1v) is 4.12. The van der Waals surface area contributed by atoms with Crippen molar-refractivity contribution in [2.75, 3.05) is 0 Å². The van der Waals surface area contributed by atoms with E-state index in [1.165, 1.54) is 0 Å². The van der Waals surface area contributed by atoms with Gasteiger partial charge in [-0.05, 0) is 17.6 Å². The molecule has 0 unspecified atom stereocenters. The SMILES string of the molecule is C=C1C(=C)[C@H]2C[C@@H]1C(=O)[C@H]2Cl. The van der Waals surface area contributed by atoms with Crippen molar-refractivity contribution in [1.82, 2.24) is 0 Å². The van der Waals surface area contributed by atoms with Gasteiger partial charge in [0.2, 0.25) is 0 Å². The highest BCUT2D eigenvalue weighted by Crippen LogP contribution is 2.50. The molecule has 0 radical (unpaired) electrons. The maximum Gasteiger partial charge on any atom is 0.158 e. The Hall–Kier alpha value is -0.560. The van der Waals surface area contributed by atoms with Gasteiger partial charge in [-0.1, -0.05) is 13.2 Å². The predicted molar refractivity (Wildman–Crippen MR) is 44.5 cm³/mol. The van der Waals surface area contributed by atoms with Crippen LogP contribution in [0.4, 0.5) is 0 Å². The van der Waals surface area contributed by atoms with E-state index in [4.69, 9.17) is 11.6 Å². The Morgan fingerprint density at radius 2 is 2.00 bits per heavy atom. The minimum absolute atomic E-state index is 0.00463. The van der Waals surface area contributed by atoms with E-state index < -0.39 is 0 Å². The summed E-state index contributed by atoms with van der Waals surface area (Å²) in [6.45, 7) is 7.69. The van der Waals surface area contributed by atoms with Gasteiger partial charge in [0.25, 0.3) is 0 Å². The number of Topliss-reactive ketones (excluding diaryl/α,β-unsaturated/α-hetero) is 1. The van der Waals surface area contributed by atoms with Gasteiger partial charge in [0, 0.05) is 11.8 Å². The summed E-state index contributed by atoms with van der Waals surface area (Å²) < 4.78 is 0. The van der Waals surface area contributed by atoms with Crippen LogP contribution in [0.25, 0.3) is 0 Å². The number of carbonyl (C=O) groups excluding carboxylic acids is 1. The summed E-state index contributed by atoms with van der Waals surface area (Å²) in [5.74, 6) is 0.325. The Labute approximate surface area is 70.7 Å². The molecule has 0 heterocycles. The molecule has 0 amide bonds. The highest BCUT2D eigenvalue weighted by atomic mass is 35.5. The number of halogens is 1. The Balaban J connectivity index is 2.42. The van der Waals surface area contributed by atoms with E-state index in [0.29, 0.717) is 0 Å². The van der Waals surface area contributed by atoms with Gasteiger partial charge >= 0.3 is 0 Å². The molecule has 0 aliphatic heterocycles. The van der Waals surface area contributed by atoms with Crippen LogP contribution in [0.2, 0.25) is 0 Å². The maximum atomic E-state index is 11.3. The highest BCUT2D eigenvalue weighted by Gasteiger charge is 2.50. The predicted octanol–water partition coefficient (Wildman–Crippen LogP) is 1.93. The third-order valence-electron chi connectivity index (χ3n) is 2.74. The molecule has 0 aromatic carbocycles. The normalized spacial score (nSPS) is 42.3. The Morgan fingerprint density at radius 1 is 1.36 bits per heavy atom. The summed E-state index contributed by atoms with van der Waals surface area (Å²) in [5, 5.41) is -0.321. The van der Waals surface area contributed by atoms with E-state index in [1.54, 1.807) is 0 Å². The molecular formula is C9H9ClO. The van der Waals surface area contributed by atoms with E-state index in [-0.39, 0.29) is 23.0 Å². The standard InChI is InChI=1S/C9H9ClO/c1-4-5(2)7-3-6(4)8(10)9(7)11/h6-8H,1-3H2/t6-,7+,8+/m1/s1. The van der Waals surface area contributed by atoms with Crippen molar-refractivity contribution in [3.05, 3.63) is 24.3 Å². The lowest BCUT2D eigenvalue weighted by Gasteiger charge is -2.18. The lowest BCUT2D eigenvalue weighted by Crippen LogP contribution is -2.24. The summed E-state index contributed by atoms with van der Waals surface area (Å²) >= 11 is 5.87. The zero-order valence-electron chi connectivity index (χ0n) is 6.14. The van der Waals surface area contributed by atoms with E-state index in [0.717, 1.165) is 17.6 Å². The monoisotopic (exact) mass is 168 g/mol. The average molecular weight is 169 g/mol. The van der Waals surface area contributed by atoms with Crippen LogP contribution in [0.5, 0.6) is 0 Å². The van der Waals surface area contributed by atoms with Crippen LogP contribution in [0.15, 0.2) is 24.3 Å². The molecule has 11 heavy (non-hydrogen) atoms. The number of rotatable bonds is 0. The van der Waals surface area contributed by atoms with Crippen molar-refractivity contribution < 1.29 is 4.79 Å². The third kappa shape index (κ3) is 0.694. The number of fused-ring (bicyclic) bond motifs is 2. The molecule has 0 spiro atoms. The van der Waals surface area contributed by atoms with Crippen molar-refractivity contribution in [3.8, 4) is 0 Å². The molecule has 0 aromatic rings. The molecule has 2 aliphatic rings. The minimum Gasteiger partial charge on any atom is -0.297 e. The van der Waals surface area contributed by atoms with E-state index in [2.05, 4.69) is 13.2 Å². The van der Waals surface area contributed by atoms with Gasteiger partial charge in [-0.3, -0.25) is 4.79 Å². The number of hydrogen-bond acceptors (Lipinski definition) is 1. The first-order valence-electron chi connectivity index (χ1n) is 3.68. The van der Waals surface area contributed by atoms with Crippen LogP contribution in [-0.2, 0) is 4.79 Å². The summed E-state index contributed by atoms with van der Waals surface area (Å²) in [4.78, 5) is 11.3. The second-order valence-corrected chi connectivity index (χ2v) is 3.72. The molecule has 2 aliphatic carbocycles. The topological polar surface area (TPSA) is 17.1 Å². The van der Waals surface area contributed by atoms with Gasteiger partial charge in [0.15, 0.2) is 5.78 Å². The zero-order valence-corrected chi connectivity index (χ0v) is 6.90. The van der Waals surface area contributed by atoms with Gasteiger partial charge in [-0.2, -0.15) is 0 Å². The molecule has 58 valence electrons. The molecule has 2 rings (SSSR count). The molecule has 2 bridgehead atoms. The number of hydrogen-bond donors (Lipinski definition) is 0.